The van der Waals surface area contributed by atoms with Gasteiger partial charge in [-0.2, -0.15) is 0 Å². The molecule has 138 valence electrons. The van der Waals surface area contributed by atoms with Crippen LogP contribution in [0.15, 0.2) is 75.9 Å². The van der Waals surface area contributed by atoms with Gasteiger partial charge in [0, 0.05) is 11.5 Å². The number of aromatic carboxylic acids is 1. The van der Waals surface area contributed by atoms with Gasteiger partial charge in [0.15, 0.2) is 5.16 Å². The second-order valence-electron chi connectivity index (χ2n) is 5.55. The molecule has 7 heteroatoms. The van der Waals surface area contributed by atoms with Crippen molar-refractivity contribution >= 4 is 41.3 Å². The summed E-state index contributed by atoms with van der Waals surface area (Å²) in [5.74, 6) is 0.331. The maximum absolute atomic E-state index is 12.0. The van der Waals surface area contributed by atoms with Gasteiger partial charge in [0.1, 0.15) is 15.6 Å². The Morgan fingerprint density at radius 2 is 1.30 bits per heavy atom. The summed E-state index contributed by atoms with van der Waals surface area (Å²) < 4.78 is 0. The standard InChI is InChI=1S/C20H18N2O2S3/c1-25-20-21-17(26-12-14-8-4-2-5-9-14)16(19(23)24)18(22-20)27-13-15-10-6-3-7-11-15/h2-11H,12-13H2,1H3,(H,23,24). The van der Waals surface area contributed by atoms with E-state index < -0.39 is 5.97 Å². The largest absolute Gasteiger partial charge is 0.477 e. The van der Waals surface area contributed by atoms with Crippen molar-refractivity contribution in [1.82, 2.24) is 9.97 Å². The first kappa shape index (κ1) is 19.8. The molecule has 0 saturated heterocycles. The van der Waals surface area contributed by atoms with Crippen molar-refractivity contribution in [2.45, 2.75) is 26.7 Å². The van der Waals surface area contributed by atoms with E-state index >= 15 is 0 Å². The number of benzene rings is 2. The van der Waals surface area contributed by atoms with Crippen molar-refractivity contribution in [2.75, 3.05) is 6.26 Å². The molecule has 0 fully saturated rings. The van der Waals surface area contributed by atoms with Gasteiger partial charge in [0.05, 0.1) is 0 Å². The van der Waals surface area contributed by atoms with Crippen LogP contribution in [-0.2, 0) is 11.5 Å². The Morgan fingerprint density at radius 3 is 1.67 bits per heavy atom. The topological polar surface area (TPSA) is 63.1 Å². The van der Waals surface area contributed by atoms with Gasteiger partial charge in [0.25, 0.3) is 0 Å². The van der Waals surface area contributed by atoms with E-state index in [4.69, 9.17) is 0 Å². The van der Waals surface area contributed by atoms with E-state index in [1.165, 1.54) is 35.3 Å². The highest BCUT2D eigenvalue weighted by Crippen LogP contribution is 2.33. The lowest BCUT2D eigenvalue weighted by Gasteiger charge is -2.11. The van der Waals surface area contributed by atoms with E-state index in [0.717, 1.165) is 11.1 Å². The maximum atomic E-state index is 12.0. The van der Waals surface area contributed by atoms with Gasteiger partial charge >= 0.3 is 5.97 Å². The third kappa shape index (κ3) is 5.51. The van der Waals surface area contributed by atoms with Crippen LogP contribution in [0.25, 0.3) is 0 Å². The van der Waals surface area contributed by atoms with E-state index in [-0.39, 0.29) is 5.56 Å². The Bertz CT molecular complexity index is 841. The Balaban J connectivity index is 1.88. The Morgan fingerprint density at radius 1 is 0.852 bits per heavy atom. The molecule has 0 spiro atoms. The van der Waals surface area contributed by atoms with Gasteiger partial charge < -0.3 is 5.11 Å². The third-order valence-electron chi connectivity index (χ3n) is 3.66. The lowest BCUT2D eigenvalue weighted by atomic mass is 10.2. The van der Waals surface area contributed by atoms with E-state index in [1.54, 1.807) is 0 Å². The summed E-state index contributed by atoms with van der Waals surface area (Å²) in [4.78, 5) is 20.9. The van der Waals surface area contributed by atoms with Crippen molar-refractivity contribution in [3.8, 4) is 0 Å². The SMILES string of the molecule is CSc1nc(SCc2ccccc2)c(C(=O)O)c(SCc2ccccc2)n1. The molecule has 0 radical (unpaired) electrons. The molecule has 0 aliphatic rings. The average molecular weight is 415 g/mol. The van der Waals surface area contributed by atoms with E-state index in [1.807, 2.05) is 66.9 Å². The number of rotatable bonds is 8. The van der Waals surface area contributed by atoms with Crippen LogP contribution in [0, 0.1) is 0 Å². The molecule has 1 N–H and O–H groups in total. The molecule has 0 aliphatic heterocycles. The predicted molar refractivity (Wildman–Crippen MR) is 113 cm³/mol. The van der Waals surface area contributed by atoms with Crippen molar-refractivity contribution in [1.29, 1.82) is 0 Å². The molecule has 2 aromatic carbocycles. The molecule has 0 unspecified atom stereocenters. The minimum absolute atomic E-state index is 0.190. The molecule has 1 aromatic heterocycles. The molecule has 4 nitrogen and oxygen atoms in total. The van der Waals surface area contributed by atoms with Gasteiger partial charge in [-0.25, -0.2) is 14.8 Å². The number of thioether (sulfide) groups is 3. The zero-order valence-electron chi connectivity index (χ0n) is 14.7. The van der Waals surface area contributed by atoms with Gasteiger partial charge in [-0.05, 0) is 17.4 Å². The summed E-state index contributed by atoms with van der Waals surface area (Å²) in [7, 11) is 0. The van der Waals surface area contributed by atoms with Crippen molar-refractivity contribution in [3.63, 3.8) is 0 Å². The van der Waals surface area contributed by atoms with E-state index in [9.17, 15) is 9.90 Å². The van der Waals surface area contributed by atoms with E-state index in [0.29, 0.717) is 26.7 Å². The summed E-state index contributed by atoms with van der Waals surface area (Å²) in [5.41, 5.74) is 2.44. The van der Waals surface area contributed by atoms with Crippen LogP contribution in [0.1, 0.15) is 21.5 Å². The van der Waals surface area contributed by atoms with Gasteiger partial charge in [-0.3, -0.25) is 0 Å². The number of hydrogen-bond donors (Lipinski definition) is 1. The molecule has 0 saturated carbocycles. The number of nitrogens with zero attached hydrogens (tertiary/aromatic N) is 2. The van der Waals surface area contributed by atoms with Gasteiger partial charge in [-0.1, -0.05) is 72.4 Å². The van der Waals surface area contributed by atoms with Crippen LogP contribution >= 0.6 is 35.3 Å². The fraction of sp³-hybridized carbons (Fsp3) is 0.150. The van der Waals surface area contributed by atoms with Crippen LogP contribution in [0.2, 0.25) is 0 Å². The molecule has 1 heterocycles. The summed E-state index contributed by atoms with van der Waals surface area (Å²) in [6.45, 7) is 0. The number of aromatic nitrogens is 2. The molecule has 0 bridgehead atoms. The van der Waals surface area contributed by atoms with Gasteiger partial charge in [-0.15, -0.1) is 23.5 Å². The summed E-state index contributed by atoms with van der Waals surface area (Å²) in [5, 5.41) is 11.4. The van der Waals surface area contributed by atoms with Crippen LogP contribution in [-0.4, -0.2) is 27.3 Å². The normalized spacial score (nSPS) is 10.7. The van der Waals surface area contributed by atoms with E-state index in [2.05, 4.69) is 9.97 Å². The third-order valence-corrected chi connectivity index (χ3v) is 6.30. The van der Waals surface area contributed by atoms with Gasteiger partial charge in [0.2, 0.25) is 0 Å². The van der Waals surface area contributed by atoms with Crippen LogP contribution in [0.3, 0.4) is 0 Å². The molecule has 0 aliphatic carbocycles. The minimum Gasteiger partial charge on any atom is -0.477 e. The minimum atomic E-state index is -0.992. The maximum Gasteiger partial charge on any atom is 0.341 e. The fourth-order valence-electron chi connectivity index (χ4n) is 2.34. The average Bonchev–Trinajstić information content (AvgIpc) is 2.71. The Labute approximate surface area is 171 Å². The second-order valence-corrected chi connectivity index (χ2v) is 8.25. The highest BCUT2D eigenvalue weighted by molar-refractivity contribution is 7.99. The van der Waals surface area contributed by atoms with Crippen LogP contribution < -0.4 is 0 Å². The molecule has 0 amide bonds. The zero-order chi connectivity index (χ0) is 19.1. The number of hydrogen-bond acceptors (Lipinski definition) is 6. The highest BCUT2D eigenvalue weighted by Gasteiger charge is 2.21. The second kappa shape index (κ2) is 9.82. The monoisotopic (exact) mass is 414 g/mol. The highest BCUT2D eigenvalue weighted by atomic mass is 32.2. The summed E-state index contributed by atoms with van der Waals surface area (Å²) in [6, 6.07) is 19.9. The molecule has 3 aromatic rings. The molecular formula is C20H18N2O2S3. The predicted octanol–water partition coefficient (Wildman–Crippen LogP) is 5.48. The van der Waals surface area contributed by atoms with Crippen LogP contribution in [0.4, 0.5) is 0 Å². The lowest BCUT2D eigenvalue weighted by Crippen LogP contribution is -2.07. The Kier molecular flexibility index (Phi) is 7.20. The van der Waals surface area contributed by atoms with Crippen molar-refractivity contribution < 1.29 is 9.90 Å². The zero-order valence-corrected chi connectivity index (χ0v) is 17.1. The number of carboxylic acids is 1. The molecule has 3 rings (SSSR count). The lowest BCUT2D eigenvalue weighted by molar-refractivity contribution is 0.0686. The van der Waals surface area contributed by atoms with Crippen molar-refractivity contribution in [2.24, 2.45) is 0 Å². The van der Waals surface area contributed by atoms with Crippen molar-refractivity contribution in [3.05, 3.63) is 77.4 Å². The molecular weight excluding hydrogens is 396 g/mol. The molecule has 0 atom stereocenters. The smallest absolute Gasteiger partial charge is 0.341 e. The van der Waals surface area contributed by atoms with Crippen LogP contribution in [0.5, 0.6) is 0 Å². The first-order chi connectivity index (χ1) is 13.2. The quantitative estimate of drug-likeness (QED) is 0.297. The molecule has 27 heavy (non-hydrogen) atoms. The first-order valence-electron chi connectivity index (χ1n) is 8.20. The fourth-order valence-corrected chi connectivity index (χ4v) is 4.83. The summed E-state index contributed by atoms with van der Waals surface area (Å²) in [6.07, 6.45) is 1.90. The number of carboxylic acid groups (broad SMARTS) is 1. The summed E-state index contributed by atoms with van der Waals surface area (Å²) >= 11 is 4.29. The Hall–Kier alpha value is -1.96. The number of carbonyl (C=O) groups is 1. The first-order valence-corrected chi connectivity index (χ1v) is 11.4.